The van der Waals surface area contributed by atoms with Crippen LogP contribution in [0.25, 0.3) is 11.0 Å². The maximum absolute atomic E-state index is 11.1. The predicted molar refractivity (Wildman–Crippen MR) is 64.3 cm³/mol. The Morgan fingerprint density at radius 1 is 1.35 bits per heavy atom. The Morgan fingerprint density at radius 3 is 2.88 bits per heavy atom. The Labute approximate surface area is 98.4 Å². The quantitative estimate of drug-likeness (QED) is 0.821. The molecule has 0 fully saturated rings. The second-order valence-corrected chi connectivity index (χ2v) is 3.83. The number of aliphatic hydroxyl groups is 1. The first kappa shape index (κ1) is 11.7. The van der Waals surface area contributed by atoms with Crippen molar-refractivity contribution in [3.05, 3.63) is 40.8 Å². The second-order valence-electron chi connectivity index (χ2n) is 3.83. The van der Waals surface area contributed by atoms with Crippen molar-refractivity contribution in [3.63, 3.8) is 0 Å². The lowest BCUT2D eigenvalue weighted by molar-refractivity contribution is 0.104. The second kappa shape index (κ2) is 5.01. The van der Waals surface area contributed by atoms with Crippen LogP contribution in [0.3, 0.4) is 0 Å². The zero-order chi connectivity index (χ0) is 12.3. The van der Waals surface area contributed by atoms with Gasteiger partial charge in [-0.25, -0.2) is 4.79 Å². The molecule has 0 unspecified atom stereocenters. The van der Waals surface area contributed by atoms with Crippen LogP contribution in [-0.2, 0) is 0 Å². The van der Waals surface area contributed by atoms with E-state index < -0.39 is 6.10 Å². The Kier molecular flexibility index (Phi) is 3.44. The summed E-state index contributed by atoms with van der Waals surface area (Å²) in [5, 5.41) is 10.2. The van der Waals surface area contributed by atoms with E-state index in [1.807, 2.05) is 13.0 Å². The highest BCUT2D eigenvalue weighted by Crippen LogP contribution is 2.19. The molecule has 1 aromatic carbocycles. The number of hydrogen-bond acceptors (Lipinski definition) is 4. The molecule has 0 saturated carbocycles. The zero-order valence-electron chi connectivity index (χ0n) is 9.55. The van der Waals surface area contributed by atoms with Crippen molar-refractivity contribution in [2.45, 2.75) is 19.4 Å². The van der Waals surface area contributed by atoms with Crippen LogP contribution in [0.2, 0.25) is 0 Å². The van der Waals surface area contributed by atoms with Crippen LogP contribution < -0.4 is 10.4 Å². The summed E-state index contributed by atoms with van der Waals surface area (Å²) in [6.45, 7) is 2.12. The van der Waals surface area contributed by atoms with Crippen molar-refractivity contribution in [1.29, 1.82) is 0 Å². The van der Waals surface area contributed by atoms with Crippen molar-refractivity contribution >= 4 is 11.0 Å². The van der Waals surface area contributed by atoms with Gasteiger partial charge in [-0.15, -0.1) is 0 Å². The molecule has 4 heteroatoms. The van der Waals surface area contributed by atoms with E-state index >= 15 is 0 Å². The molecule has 1 heterocycles. The third-order valence-electron chi connectivity index (χ3n) is 2.51. The number of fused-ring (bicyclic) bond motifs is 1. The molecule has 0 aliphatic heterocycles. The normalized spacial score (nSPS) is 12.6. The summed E-state index contributed by atoms with van der Waals surface area (Å²) in [4.78, 5) is 11.1. The molecule has 0 bridgehead atoms. The zero-order valence-corrected chi connectivity index (χ0v) is 9.55. The highest BCUT2D eigenvalue weighted by atomic mass is 16.5. The standard InChI is InChI=1S/C13H14O4/c1-2-10(14)8-16-11-5-3-9-4-6-13(15)17-12(9)7-11/h3-7,10,14H,2,8H2,1H3/t10-/m0/s1. The SMILES string of the molecule is CC[C@H](O)COc1ccc2ccc(=O)oc2c1. The third-order valence-corrected chi connectivity index (χ3v) is 2.51. The molecule has 4 nitrogen and oxygen atoms in total. The van der Waals surface area contributed by atoms with E-state index in [1.165, 1.54) is 6.07 Å². The van der Waals surface area contributed by atoms with Crippen LogP contribution in [-0.4, -0.2) is 17.8 Å². The minimum Gasteiger partial charge on any atom is -0.491 e. The fourth-order valence-electron chi connectivity index (χ4n) is 1.44. The van der Waals surface area contributed by atoms with Crippen molar-refractivity contribution in [3.8, 4) is 5.75 Å². The number of hydrogen-bond donors (Lipinski definition) is 1. The lowest BCUT2D eigenvalue weighted by atomic mass is 10.2. The number of aliphatic hydroxyl groups excluding tert-OH is 1. The lowest BCUT2D eigenvalue weighted by Crippen LogP contribution is -2.15. The van der Waals surface area contributed by atoms with Crippen molar-refractivity contribution in [2.75, 3.05) is 6.61 Å². The van der Waals surface area contributed by atoms with Gasteiger partial charge in [-0.1, -0.05) is 6.92 Å². The van der Waals surface area contributed by atoms with E-state index in [-0.39, 0.29) is 12.2 Å². The van der Waals surface area contributed by atoms with Gasteiger partial charge in [0, 0.05) is 17.5 Å². The third kappa shape index (κ3) is 2.85. The van der Waals surface area contributed by atoms with Crippen molar-refractivity contribution in [1.82, 2.24) is 0 Å². The van der Waals surface area contributed by atoms with Gasteiger partial charge in [0.2, 0.25) is 0 Å². The van der Waals surface area contributed by atoms with Crippen molar-refractivity contribution in [2.24, 2.45) is 0 Å². The molecule has 1 aromatic heterocycles. The van der Waals surface area contributed by atoms with Gasteiger partial charge in [0.05, 0.1) is 6.10 Å². The molecule has 0 amide bonds. The summed E-state index contributed by atoms with van der Waals surface area (Å²) in [7, 11) is 0. The Balaban J connectivity index is 2.22. The van der Waals surface area contributed by atoms with Crippen molar-refractivity contribution < 1.29 is 14.3 Å². The fraction of sp³-hybridized carbons (Fsp3) is 0.308. The minimum absolute atomic E-state index is 0.235. The van der Waals surface area contributed by atoms with E-state index in [0.29, 0.717) is 17.8 Å². The lowest BCUT2D eigenvalue weighted by Gasteiger charge is -2.10. The van der Waals surface area contributed by atoms with Gasteiger partial charge in [-0.2, -0.15) is 0 Å². The highest BCUT2D eigenvalue weighted by molar-refractivity contribution is 5.77. The Hall–Kier alpha value is -1.81. The molecule has 1 atom stereocenters. The number of ether oxygens (including phenoxy) is 1. The van der Waals surface area contributed by atoms with Gasteiger partial charge in [0.15, 0.2) is 0 Å². The summed E-state index contributed by atoms with van der Waals surface area (Å²) < 4.78 is 10.4. The molecular formula is C13H14O4. The summed E-state index contributed by atoms with van der Waals surface area (Å²) in [6.07, 6.45) is 0.163. The first-order valence-corrected chi connectivity index (χ1v) is 5.54. The summed E-state index contributed by atoms with van der Waals surface area (Å²) >= 11 is 0. The predicted octanol–water partition coefficient (Wildman–Crippen LogP) is 1.94. The molecule has 0 radical (unpaired) electrons. The van der Waals surface area contributed by atoms with Crippen LogP contribution in [0.1, 0.15) is 13.3 Å². The summed E-state index contributed by atoms with van der Waals surface area (Å²) in [5.41, 5.74) is 0.101. The molecule has 0 aliphatic rings. The number of benzene rings is 1. The van der Waals surface area contributed by atoms with Gasteiger partial charge >= 0.3 is 5.63 Å². The molecular weight excluding hydrogens is 220 g/mol. The summed E-state index contributed by atoms with van der Waals surface area (Å²) in [6, 6.07) is 8.32. The van der Waals surface area contributed by atoms with Gasteiger partial charge in [0.1, 0.15) is 17.9 Å². The topological polar surface area (TPSA) is 59.7 Å². The van der Waals surface area contributed by atoms with Crippen LogP contribution in [0.5, 0.6) is 5.75 Å². The molecule has 2 rings (SSSR count). The molecule has 2 aromatic rings. The maximum atomic E-state index is 11.1. The highest BCUT2D eigenvalue weighted by Gasteiger charge is 2.04. The van der Waals surface area contributed by atoms with E-state index in [9.17, 15) is 9.90 Å². The molecule has 0 saturated heterocycles. The fourth-order valence-corrected chi connectivity index (χ4v) is 1.44. The first-order chi connectivity index (χ1) is 8.19. The average Bonchev–Trinajstić information content (AvgIpc) is 2.35. The van der Waals surface area contributed by atoms with Crippen LogP contribution in [0, 0.1) is 0 Å². The maximum Gasteiger partial charge on any atom is 0.336 e. The minimum atomic E-state index is -0.478. The molecule has 0 spiro atoms. The Morgan fingerprint density at radius 2 is 2.12 bits per heavy atom. The molecule has 90 valence electrons. The number of rotatable bonds is 4. The van der Waals surface area contributed by atoms with Gasteiger partial charge in [0.25, 0.3) is 0 Å². The molecule has 17 heavy (non-hydrogen) atoms. The van der Waals surface area contributed by atoms with Gasteiger partial charge in [-0.3, -0.25) is 0 Å². The summed E-state index contributed by atoms with van der Waals surface area (Å²) in [5.74, 6) is 0.583. The molecule has 1 N–H and O–H groups in total. The molecule has 0 aliphatic carbocycles. The monoisotopic (exact) mass is 234 g/mol. The van der Waals surface area contributed by atoms with E-state index in [1.54, 1.807) is 18.2 Å². The Bertz CT molecular complexity index is 559. The average molecular weight is 234 g/mol. The van der Waals surface area contributed by atoms with Crippen LogP contribution in [0.4, 0.5) is 0 Å². The van der Waals surface area contributed by atoms with Crippen LogP contribution in [0.15, 0.2) is 39.5 Å². The van der Waals surface area contributed by atoms with E-state index in [2.05, 4.69) is 0 Å². The van der Waals surface area contributed by atoms with E-state index in [4.69, 9.17) is 9.15 Å². The van der Waals surface area contributed by atoms with Crippen LogP contribution >= 0.6 is 0 Å². The largest absolute Gasteiger partial charge is 0.491 e. The van der Waals surface area contributed by atoms with E-state index in [0.717, 1.165) is 5.39 Å². The van der Waals surface area contributed by atoms with Gasteiger partial charge < -0.3 is 14.3 Å². The smallest absolute Gasteiger partial charge is 0.336 e. The van der Waals surface area contributed by atoms with Gasteiger partial charge in [-0.05, 0) is 24.6 Å². The first-order valence-electron chi connectivity index (χ1n) is 5.54.